The van der Waals surface area contributed by atoms with Gasteiger partial charge in [-0.15, -0.1) is 0 Å². The molecule has 1 heterocycles. The summed E-state index contributed by atoms with van der Waals surface area (Å²) in [4.78, 5) is 16.7. The fourth-order valence-electron chi connectivity index (χ4n) is 2.21. The van der Waals surface area contributed by atoms with Crippen LogP contribution in [0.2, 0.25) is 5.02 Å². The van der Waals surface area contributed by atoms with Crippen LogP contribution in [0.25, 0.3) is 6.08 Å². The predicted molar refractivity (Wildman–Crippen MR) is 98.0 cm³/mol. The largest absolute Gasteiger partial charge is 0.503 e. The summed E-state index contributed by atoms with van der Waals surface area (Å²) in [7, 11) is 1.44. The van der Waals surface area contributed by atoms with Gasteiger partial charge in [0.05, 0.1) is 17.0 Å². The van der Waals surface area contributed by atoms with Gasteiger partial charge in [0.25, 0.3) is 5.91 Å². The fraction of sp³-hybridized carbons (Fsp3) is 0.111. The number of rotatable bonds is 3. The molecule has 1 aliphatic rings. The molecule has 0 aromatic heterocycles. The Kier molecular flexibility index (Phi) is 4.64. The monoisotopic (exact) mass is 359 g/mol. The van der Waals surface area contributed by atoms with Gasteiger partial charge in [0.2, 0.25) is 0 Å². The third-order valence-electron chi connectivity index (χ3n) is 3.49. The molecule has 1 aliphatic heterocycles. The zero-order valence-electron chi connectivity index (χ0n) is 13.0. The number of aryl methyl sites for hydroxylation is 1. The third-order valence-corrected chi connectivity index (χ3v) is 4.81. The van der Waals surface area contributed by atoms with Crippen molar-refractivity contribution in [3.8, 4) is 11.5 Å². The lowest BCUT2D eigenvalue weighted by Crippen LogP contribution is -1.90. The number of ether oxygens (including phenoxy) is 1. The summed E-state index contributed by atoms with van der Waals surface area (Å²) in [6, 6.07) is 11.0. The van der Waals surface area contributed by atoms with Crippen LogP contribution in [-0.2, 0) is 4.79 Å². The Balaban J connectivity index is 1.89. The molecule has 1 amide bonds. The summed E-state index contributed by atoms with van der Waals surface area (Å²) in [5.74, 6) is -0.161. The second-order valence-electron chi connectivity index (χ2n) is 5.25. The Labute approximate surface area is 148 Å². The topological polar surface area (TPSA) is 58.9 Å². The van der Waals surface area contributed by atoms with Gasteiger partial charge in [-0.2, -0.15) is 0 Å². The third kappa shape index (κ3) is 3.32. The van der Waals surface area contributed by atoms with Gasteiger partial charge in [0, 0.05) is 5.56 Å². The summed E-state index contributed by atoms with van der Waals surface area (Å²) in [6.07, 6.45) is 1.69. The molecule has 4 nitrogen and oxygen atoms in total. The van der Waals surface area contributed by atoms with Crippen molar-refractivity contribution in [3.05, 3.63) is 63.0 Å². The van der Waals surface area contributed by atoms with E-state index in [1.807, 2.05) is 31.2 Å². The number of thioether (sulfide) groups is 1. The average Bonchev–Trinajstić information content (AvgIpc) is 2.92. The molecule has 2 aromatic carbocycles. The van der Waals surface area contributed by atoms with E-state index in [0.717, 1.165) is 11.1 Å². The molecule has 1 N–H and O–H groups in total. The van der Waals surface area contributed by atoms with Crippen molar-refractivity contribution < 1.29 is 14.6 Å². The van der Waals surface area contributed by atoms with Gasteiger partial charge in [-0.05, 0) is 30.7 Å². The summed E-state index contributed by atoms with van der Waals surface area (Å²) in [6.45, 7) is 2.01. The van der Waals surface area contributed by atoms with Gasteiger partial charge in [0.1, 0.15) is 5.04 Å². The first kappa shape index (κ1) is 16.6. The maximum atomic E-state index is 12.1. The van der Waals surface area contributed by atoms with Crippen LogP contribution >= 0.6 is 23.4 Å². The zero-order chi connectivity index (χ0) is 17.3. The van der Waals surface area contributed by atoms with Crippen molar-refractivity contribution in [3.63, 3.8) is 0 Å². The van der Waals surface area contributed by atoms with E-state index in [1.165, 1.54) is 18.9 Å². The standard InChI is InChI=1S/C18H14ClNO3S/c1-10-3-5-12(6-4-10)18-20-17(22)15(24-18)9-11-7-13(19)16(21)14(8-11)23-2/h3-9,21H,1-2H3/b15-9+. The lowest BCUT2D eigenvalue weighted by molar-refractivity contribution is -0.113. The number of amides is 1. The highest BCUT2D eigenvalue weighted by atomic mass is 35.5. The van der Waals surface area contributed by atoms with Crippen LogP contribution in [0.3, 0.4) is 0 Å². The average molecular weight is 360 g/mol. The number of aromatic hydroxyl groups is 1. The molecule has 0 fully saturated rings. The Morgan fingerprint density at radius 2 is 1.96 bits per heavy atom. The Morgan fingerprint density at radius 3 is 2.62 bits per heavy atom. The number of aliphatic imine (C=N–C) groups is 1. The molecule has 6 heteroatoms. The molecule has 0 atom stereocenters. The smallest absolute Gasteiger partial charge is 0.284 e. The number of carbonyl (C=O) groups is 1. The quantitative estimate of drug-likeness (QED) is 0.824. The van der Waals surface area contributed by atoms with Crippen LogP contribution in [-0.4, -0.2) is 23.2 Å². The highest BCUT2D eigenvalue weighted by Gasteiger charge is 2.23. The van der Waals surface area contributed by atoms with Crippen LogP contribution in [0.15, 0.2) is 46.3 Å². The Bertz CT molecular complexity index is 873. The normalized spacial score (nSPS) is 15.7. The number of phenols is 1. The van der Waals surface area contributed by atoms with Gasteiger partial charge in [-0.25, -0.2) is 4.99 Å². The predicted octanol–water partition coefficient (Wildman–Crippen LogP) is 4.42. The van der Waals surface area contributed by atoms with Gasteiger partial charge in [-0.3, -0.25) is 4.79 Å². The lowest BCUT2D eigenvalue weighted by Gasteiger charge is -2.06. The highest BCUT2D eigenvalue weighted by Crippen LogP contribution is 2.37. The molecule has 2 aromatic rings. The molecular formula is C18H14ClNO3S. The van der Waals surface area contributed by atoms with E-state index in [9.17, 15) is 9.90 Å². The minimum atomic E-state index is -0.293. The van der Waals surface area contributed by atoms with Gasteiger partial charge >= 0.3 is 0 Å². The van der Waals surface area contributed by atoms with Crippen LogP contribution < -0.4 is 4.74 Å². The minimum Gasteiger partial charge on any atom is -0.503 e. The maximum absolute atomic E-state index is 12.1. The van der Waals surface area contributed by atoms with Crippen molar-refractivity contribution in [2.24, 2.45) is 4.99 Å². The minimum absolute atomic E-state index is 0.122. The molecule has 0 saturated heterocycles. The number of phenolic OH excluding ortho intramolecular Hbond substituents is 1. The first-order chi connectivity index (χ1) is 11.5. The summed E-state index contributed by atoms with van der Waals surface area (Å²) in [5.41, 5.74) is 2.71. The molecule has 0 aliphatic carbocycles. The maximum Gasteiger partial charge on any atom is 0.284 e. The van der Waals surface area contributed by atoms with Crippen LogP contribution in [0.1, 0.15) is 16.7 Å². The van der Waals surface area contributed by atoms with Gasteiger partial charge < -0.3 is 9.84 Å². The van der Waals surface area contributed by atoms with E-state index in [4.69, 9.17) is 16.3 Å². The van der Waals surface area contributed by atoms with E-state index in [0.29, 0.717) is 15.5 Å². The first-order valence-corrected chi connectivity index (χ1v) is 8.33. The molecule has 0 radical (unpaired) electrons. The Hall–Kier alpha value is -2.24. The summed E-state index contributed by atoms with van der Waals surface area (Å²) in [5, 5.41) is 10.6. The van der Waals surface area contributed by atoms with Crippen molar-refractivity contribution >= 4 is 40.4 Å². The first-order valence-electron chi connectivity index (χ1n) is 7.14. The number of hydrogen-bond acceptors (Lipinski definition) is 4. The van der Waals surface area contributed by atoms with Crippen molar-refractivity contribution in [2.45, 2.75) is 6.92 Å². The SMILES string of the molecule is COc1cc(/C=C2/SC(c3ccc(C)cc3)=NC2=O)cc(Cl)c1O. The van der Waals surface area contributed by atoms with E-state index in [1.54, 1.807) is 18.2 Å². The number of benzene rings is 2. The number of hydrogen-bond donors (Lipinski definition) is 1. The van der Waals surface area contributed by atoms with E-state index in [-0.39, 0.29) is 22.4 Å². The fourth-order valence-corrected chi connectivity index (χ4v) is 3.35. The molecule has 0 saturated carbocycles. The molecule has 122 valence electrons. The van der Waals surface area contributed by atoms with Crippen molar-refractivity contribution in [2.75, 3.05) is 7.11 Å². The highest BCUT2D eigenvalue weighted by molar-refractivity contribution is 8.19. The second-order valence-corrected chi connectivity index (χ2v) is 6.69. The van der Waals surface area contributed by atoms with Crippen molar-refractivity contribution in [1.29, 1.82) is 0 Å². The van der Waals surface area contributed by atoms with Crippen LogP contribution in [0, 0.1) is 6.92 Å². The summed E-state index contributed by atoms with van der Waals surface area (Å²) < 4.78 is 5.08. The second kappa shape index (κ2) is 6.71. The number of carbonyl (C=O) groups excluding carboxylic acids is 1. The van der Waals surface area contributed by atoms with Gasteiger partial charge in [0.15, 0.2) is 11.5 Å². The van der Waals surface area contributed by atoms with Crippen LogP contribution in [0.4, 0.5) is 0 Å². The molecule has 24 heavy (non-hydrogen) atoms. The van der Waals surface area contributed by atoms with E-state index in [2.05, 4.69) is 4.99 Å². The van der Waals surface area contributed by atoms with E-state index < -0.39 is 0 Å². The molecule has 3 rings (SSSR count). The number of methoxy groups -OCH3 is 1. The Morgan fingerprint density at radius 1 is 1.25 bits per heavy atom. The van der Waals surface area contributed by atoms with Crippen molar-refractivity contribution in [1.82, 2.24) is 0 Å². The molecule has 0 spiro atoms. The number of halogens is 1. The summed E-state index contributed by atoms with van der Waals surface area (Å²) >= 11 is 7.29. The molecule has 0 unspecified atom stereocenters. The number of nitrogens with zero attached hydrogens (tertiary/aromatic N) is 1. The zero-order valence-corrected chi connectivity index (χ0v) is 14.6. The lowest BCUT2D eigenvalue weighted by atomic mass is 10.2. The molecule has 0 bridgehead atoms. The van der Waals surface area contributed by atoms with Gasteiger partial charge in [-0.1, -0.05) is 53.2 Å². The van der Waals surface area contributed by atoms with Crippen LogP contribution in [0.5, 0.6) is 11.5 Å². The molecular weight excluding hydrogens is 346 g/mol. The van der Waals surface area contributed by atoms with E-state index >= 15 is 0 Å².